The average molecular weight is 234 g/mol. The van der Waals surface area contributed by atoms with Crippen LogP contribution in [0.15, 0.2) is 24.3 Å². The van der Waals surface area contributed by atoms with Crippen LogP contribution >= 0.6 is 0 Å². The van der Waals surface area contributed by atoms with Crippen molar-refractivity contribution in [3.8, 4) is 5.75 Å². The van der Waals surface area contributed by atoms with Gasteiger partial charge in [0.05, 0.1) is 6.61 Å². The largest absolute Gasteiger partial charge is 0.493 e. The minimum Gasteiger partial charge on any atom is -0.493 e. The third-order valence-electron chi connectivity index (χ3n) is 2.50. The second kappa shape index (κ2) is 6.43. The van der Waals surface area contributed by atoms with Gasteiger partial charge in [0, 0.05) is 12.3 Å². The summed E-state index contributed by atoms with van der Waals surface area (Å²) in [7, 11) is 0. The Balaban J connectivity index is 2.62. The lowest BCUT2D eigenvalue weighted by atomic mass is 10.0. The predicted molar refractivity (Wildman–Crippen MR) is 70.3 cm³/mol. The molecule has 0 saturated heterocycles. The molecule has 1 aromatic rings. The Morgan fingerprint density at radius 2 is 1.94 bits per heavy atom. The van der Waals surface area contributed by atoms with Crippen LogP contribution < -0.4 is 4.74 Å². The first-order valence-corrected chi connectivity index (χ1v) is 6.23. The number of rotatable bonds is 6. The zero-order chi connectivity index (χ0) is 12.8. The molecule has 0 bridgehead atoms. The molecule has 17 heavy (non-hydrogen) atoms. The van der Waals surface area contributed by atoms with Crippen LogP contribution in [0.2, 0.25) is 0 Å². The summed E-state index contributed by atoms with van der Waals surface area (Å²) in [4.78, 5) is 11.6. The second-order valence-electron chi connectivity index (χ2n) is 5.15. The number of hydrogen-bond acceptors (Lipinski definition) is 2. The van der Waals surface area contributed by atoms with Crippen molar-refractivity contribution in [2.75, 3.05) is 6.61 Å². The van der Waals surface area contributed by atoms with E-state index in [0.717, 1.165) is 11.3 Å². The van der Waals surface area contributed by atoms with Crippen molar-refractivity contribution in [2.24, 2.45) is 11.8 Å². The minimum absolute atomic E-state index is 0.0928. The van der Waals surface area contributed by atoms with Gasteiger partial charge < -0.3 is 4.74 Å². The molecule has 0 aliphatic rings. The van der Waals surface area contributed by atoms with E-state index in [-0.39, 0.29) is 11.7 Å². The first kappa shape index (κ1) is 13.8. The molecule has 0 fully saturated rings. The molecular formula is C15H22O2. The fraction of sp³-hybridized carbons (Fsp3) is 0.533. The first-order chi connectivity index (χ1) is 7.99. The van der Waals surface area contributed by atoms with Crippen molar-refractivity contribution in [1.82, 2.24) is 0 Å². The van der Waals surface area contributed by atoms with Crippen molar-refractivity contribution in [1.29, 1.82) is 0 Å². The van der Waals surface area contributed by atoms with Crippen molar-refractivity contribution in [3.05, 3.63) is 29.8 Å². The number of hydrogen-bond donors (Lipinski definition) is 0. The van der Waals surface area contributed by atoms with Crippen LogP contribution in [0.1, 0.15) is 33.3 Å². The molecule has 0 aromatic heterocycles. The number of carbonyl (C=O) groups excluding carboxylic acids is 1. The van der Waals surface area contributed by atoms with E-state index in [9.17, 15) is 4.79 Å². The topological polar surface area (TPSA) is 26.3 Å². The van der Waals surface area contributed by atoms with Crippen LogP contribution in [-0.2, 0) is 11.2 Å². The van der Waals surface area contributed by atoms with Crippen LogP contribution in [0.3, 0.4) is 0 Å². The third kappa shape index (κ3) is 5.03. The van der Waals surface area contributed by atoms with E-state index in [0.29, 0.717) is 18.9 Å². The lowest BCUT2D eigenvalue weighted by Gasteiger charge is -2.10. The number of ether oxygens (including phenoxy) is 1. The van der Waals surface area contributed by atoms with Gasteiger partial charge in [0.2, 0.25) is 0 Å². The minimum atomic E-state index is 0.0928. The van der Waals surface area contributed by atoms with Crippen LogP contribution in [-0.4, -0.2) is 12.4 Å². The van der Waals surface area contributed by atoms with Gasteiger partial charge in [-0.15, -0.1) is 0 Å². The molecule has 0 aliphatic carbocycles. The maximum Gasteiger partial charge on any atom is 0.139 e. The maximum atomic E-state index is 11.6. The van der Waals surface area contributed by atoms with Gasteiger partial charge in [-0.25, -0.2) is 0 Å². The fourth-order valence-corrected chi connectivity index (χ4v) is 1.41. The monoisotopic (exact) mass is 234 g/mol. The number of Topliss-reactive ketones (excluding diaryl/α,β-unsaturated/α-hetero) is 1. The second-order valence-corrected chi connectivity index (χ2v) is 5.15. The molecule has 0 heterocycles. The van der Waals surface area contributed by atoms with E-state index in [1.165, 1.54) is 0 Å². The summed E-state index contributed by atoms with van der Waals surface area (Å²) in [6.45, 7) is 8.81. The van der Waals surface area contributed by atoms with Gasteiger partial charge in [0.1, 0.15) is 11.5 Å². The molecule has 0 saturated carbocycles. The Hall–Kier alpha value is -1.31. The zero-order valence-corrected chi connectivity index (χ0v) is 11.2. The normalized spacial score (nSPS) is 10.9. The summed E-state index contributed by atoms with van der Waals surface area (Å²) < 4.78 is 5.64. The van der Waals surface area contributed by atoms with E-state index in [2.05, 4.69) is 13.8 Å². The molecule has 0 atom stereocenters. The van der Waals surface area contributed by atoms with Crippen molar-refractivity contribution < 1.29 is 9.53 Å². The summed E-state index contributed by atoms with van der Waals surface area (Å²) >= 11 is 0. The van der Waals surface area contributed by atoms with Gasteiger partial charge in [0.25, 0.3) is 0 Å². The Morgan fingerprint density at radius 3 is 2.53 bits per heavy atom. The van der Waals surface area contributed by atoms with Crippen LogP contribution in [0, 0.1) is 11.8 Å². The summed E-state index contributed by atoms with van der Waals surface area (Å²) in [5, 5.41) is 0. The molecule has 2 heteroatoms. The molecule has 0 spiro atoms. The summed E-state index contributed by atoms with van der Waals surface area (Å²) in [6.07, 6.45) is 0.497. The number of ketones is 1. The Kier molecular flexibility index (Phi) is 5.20. The van der Waals surface area contributed by atoms with Gasteiger partial charge in [-0.05, 0) is 23.6 Å². The highest BCUT2D eigenvalue weighted by atomic mass is 16.5. The molecule has 1 rings (SSSR count). The van der Waals surface area contributed by atoms with Crippen LogP contribution in [0.4, 0.5) is 0 Å². The van der Waals surface area contributed by atoms with Gasteiger partial charge >= 0.3 is 0 Å². The van der Waals surface area contributed by atoms with E-state index in [4.69, 9.17) is 4.74 Å². The smallest absolute Gasteiger partial charge is 0.139 e. The van der Waals surface area contributed by atoms with Crippen LogP contribution in [0.25, 0.3) is 0 Å². The van der Waals surface area contributed by atoms with Gasteiger partial charge in [-0.3, -0.25) is 4.79 Å². The summed E-state index contributed by atoms with van der Waals surface area (Å²) in [5.74, 6) is 1.73. The highest BCUT2D eigenvalue weighted by Gasteiger charge is 2.08. The number of carbonyl (C=O) groups is 1. The standard InChI is InChI=1S/C15H22O2/c1-11(2)10-17-14-7-5-6-13(8-14)9-15(16)12(3)4/h5-8,11-12H,9-10H2,1-4H3. The molecule has 0 amide bonds. The van der Waals surface area contributed by atoms with Crippen molar-refractivity contribution in [2.45, 2.75) is 34.1 Å². The highest BCUT2D eigenvalue weighted by Crippen LogP contribution is 2.16. The molecule has 0 radical (unpaired) electrons. The van der Waals surface area contributed by atoms with Crippen molar-refractivity contribution in [3.63, 3.8) is 0 Å². The molecular weight excluding hydrogens is 212 g/mol. The van der Waals surface area contributed by atoms with E-state index in [1.807, 2.05) is 38.1 Å². The molecule has 1 aromatic carbocycles. The summed E-state index contributed by atoms with van der Waals surface area (Å²) in [5.41, 5.74) is 1.03. The van der Waals surface area contributed by atoms with Gasteiger partial charge in [0.15, 0.2) is 0 Å². The average Bonchev–Trinajstić information content (AvgIpc) is 2.26. The molecule has 94 valence electrons. The SMILES string of the molecule is CC(C)COc1cccc(CC(=O)C(C)C)c1. The Bertz CT molecular complexity index is 367. The molecule has 2 nitrogen and oxygen atoms in total. The molecule has 0 unspecified atom stereocenters. The quantitative estimate of drug-likeness (QED) is 0.753. The van der Waals surface area contributed by atoms with Crippen LogP contribution in [0.5, 0.6) is 5.75 Å². The maximum absolute atomic E-state index is 11.6. The fourth-order valence-electron chi connectivity index (χ4n) is 1.41. The zero-order valence-electron chi connectivity index (χ0n) is 11.2. The Morgan fingerprint density at radius 1 is 1.24 bits per heavy atom. The van der Waals surface area contributed by atoms with E-state index in [1.54, 1.807) is 0 Å². The van der Waals surface area contributed by atoms with Crippen molar-refractivity contribution >= 4 is 5.78 Å². The number of benzene rings is 1. The highest BCUT2D eigenvalue weighted by molar-refractivity contribution is 5.82. The van der Waals surface area contributed by atoms with E-state index >= 15 is 0 Å². The molecule has 0 N–H and O–H groups in total. The predicted octanol–water partition coefficient (Wildman–Crippen LogP) is 3.49. The Labute approximate surface area is 104 Å². The lowest BCUT2D eigenvalue weighted by molar-refractivity contribution is -0.121. The van der Waals surface area contributed by atoms with E-state index < -0.39 is 0 Å². The van der Waals surface area contributed by atoms with Gasteiger partial charge in [-0.1, -0.05) is 39.8 Å². The summed E-state index contributed by atoms with van der Waals surface area (Å²) in [6, 6.07) is 7.81. The first-order valence-electron chi connectivity index (χ1n) is 6.23. The lowest BCUT2D eigenvalue weighted by Crippen LogP contribution is -2.10. The molecule has 0 aliphatic heterocycles. The third-order valence-corrected chi connectivity index (χ3v) is 2.50. The van der Waals surface area contributed by atoms with Gasteiger partial charge in [-0.2, -0.15) is 0 Å².